The molecule has 104 valence electrons. The molecule has 0 radical (unpaired) electrons. The van der Waals surface area contributed by atoms with Crippen LogP contribution in [0.3, 0.4) is 0 Å². The van der Waals surface area contributed by atoms with Gasteiger partial charge in [-0.15, -0.1) is 0 Å². The molecular weight excluding hydrogens is 293 g/mol. The van der Waals surface area contributed by atoms with Gasteiger partial charge in [0.15, 0.2) is 6.61 Å². The van der Waals surface area contributed by atoms with Gasteiger partial charge in [0.2, 0.25) is 0 Å². The average Bonchev–Trinajstić information content (AvgIpc) is 2.31. The molecule has 0 saturated carbocycles. The van der Waals surface area contributed by atoms with E-state index in [1.54, 1.807) is 6.07 Å². The third-order valence-electron chi connectivity index (χ3n) is 2.29. The Hall–Kier alpha value is -1.46. The summed E-state index contributed by atoms with van der Waals surface area (Å²) in [4.78, 5) is 23.3. The first-order valence-electron chi connectivity index (χ1n) is 5.43. The highest BCUT2D eigenvalue weighted by Gasteiger charge is 2.11. The smallest absolute Gasteiger partial charge is 0.305 e. The van der Waals surface area contributed by atoms with Crippen molar-refractivity contribution >= 4 is 35.1 Å². The Bertz CT molecular complexity index is 459. The first-order valence-corrected chi connectivity index (χ1v) is 6.18. The van der Waals surface area contributed by atoms with Crippen LogP contribution < -0.4 is 4.74 Å². The second kappa shape index (κ2) is 7.21. The number of hydrogen-bond acceptors (Lipinski definition) is 3. The van der Waals surface area contributed by atoms with Crippen LogP contribution in [0.5, 0.6) is 5.75 Å². The van der Waals surface area contributed by atoms with Gasteiger partial charge in [0.05, 0.1) is 6.42 Å². The number of hydrogen-bond donors (Lipinski definition) is 1. The summed E-state index contributed by atoms with van der Waals surface area (Å²) >= 11 is 11.6. The molecule has 0 heterocycles. The van der Waals surface area contributed by atoms with Gasteiger partial charge in [-0.3, -0.25) is 9.59 Å². The average molecular weight is 306 g/mol. The molecule has 1 rings (SSSR count). The van der Waals surface area contributed by atoms with Crippen LogP contribution in [0.4, 0.5) is 0 Å². The number of carboxylic acid groups (broad SMARTS) is 1. The number of carboxylic acids is 1. The van der Waals surface area contributed by atoms with Gasteiger partial charge >= 0.3 is 5.97 Å². The molecule has 7 heteroatoms. The maximum absolute atomic E-state index is 11.6. The number of carbonyl (C=O) groups is 2. The van der Waals surface area contributed by atoms with Crippen LogP contribution in [-0.2, 0) is 9.59 Å². The predicted molar refractivity (Wildman–Crippen MR) is 71.8 cm³/mol. The second-order valence-corrected chi connectivity index (χ2v) is 4.73. The van der Waals surface area contributed by atoms with Gasteiger partial charge in [-0.25, -0.2) is 0 Å². The Labute approximate surface area is 120 Å². The summed E-state index contributed by atoms with van der Waals surface area (Å²) in [6.45, 7) is -0.0688. The number of aliphatic carboxylic acids is 1. The Morgan fingerprint density at radius 1 is 1.26 bits per heavy atom. The molecule has 0 spiro atoms. The van der Waals surface area contributed by atoms with Gasteiger partial charge in [0.25, 0.3) is 5.91 Å². The van der Waals surface area contributed by atoms with Crippen LogP contribution in [0.1, 0.15) is 6.42 Å². The first-order chi connectivity index (χ1) is 8.88. The van der Waals surface area contributed by atoms with Gasteiger partial charge < -0.3 is 14.7 Å². The minimum absolute atomic E-state index is 0.106. The van der Waals surface area contributed by atoms with E-state index in [4.69, 9.17) is 33.0 Å². The van der Waals surface area contributed by atoms with Crippen molar-refractivity contribution in [3.05, 3.63) is 28.2 Å². The van der Waals surface area contributed by atoms with E-state index in [2.05, 4.69) is 0 Å². The molecule has 1 aromatic carbocycles. The van der Waals surface area contributed by atoms with E-state index in [9.17, 15) is 9.59 Å². The molecule has 5 nitrogen and oxygen atoms in total. The molecule has 0 unspecified atom stereocenters. The van der Waals surface area contributed by atoms with Gasteiger partial charge in [-0.1, -0.05) is 23.2 Å². The fourth-order valence-electron chi connectivity index (χ4n) is 1.26. The van der Waals surface area contributed by atoms with E-state index in [0.29, 0.717) is 15.8 Å². The van der Waals surface area contributed by atoms with E-state index in [1.165, 1.54) is 24.1 Å². The van der Waals surface area contributed by atoms with Gasteiger partial charge in [0.1, 0.15) is 5.75 Å². The van der Waals surface area contributed by atoms with Crippen molar-refractivity contribution in [2.45, 2.75) is 6.42 Å². The summed E-state index contributed by atoms with van der Waals surface area (Å²) in [5.41, 5.74) is 0. The first kappa shape index (κ1) is 15.6. The van der Waals surface area contributed by atoms with Crippen LogP contribution in [0.25, 0.3) is 0 Å². The van der Waals surface area contributed by atoms with Crippen LogP contribution in [0, 0.1) is 0 Å². The van der Waals surface area contributed by atoms with E-state index >= 15 is 0 Å². The third kappa shape index (κ3) is 5.81. The molecule has 0 aliphatic heterocycles. The summed E-state index contributed by atoms with van der Waals surface area (Å²) in [7, 11) is 1.51. The highest BCUT2D eigenvalue weighted by Crippen LogP contribution is 2.24. The number of ether oxygens (including phenoxy) is 1. The lowest BCUT2D eigenvalue weighted by atomic mass is 10.3. The number of halogens is 2. The van der Waals surface area contributed by atoms with E-state index < -0.39 is 5.97 Å². The van der Waals surface area contributed by atoms with E-state index in [-0.39, 0.29) is 25.5 Å². The number of amides is 1. The van der Waals surface area contributed by atoms with Crippen LogP contribution in [0.15, 0.2) is 18.2 Å². The molecule has 0 fully saturated rings. The number of carbonyl (C=O) groups excluding carboxylic acids is 1. The highest BCUT2D eigenvalue weighted by atomic mass is 35.5. The largest absolute Gasteiger partial charge is 0.484 e. The maximum atomic E-state index is 11.6. The number of likely N-dealkylation sites (N-methyl/N-ethyl adjacent to an activating group) is 1. The lowest BCUT2D eigenvalue weighted by molar-refractivity contribution is -0.138. The van der Waals surface area contributed by atoms with Crippen molar-refractivity contribution in [2.75, 3.05) is 20.2 Å². The van der Waals surface area contributed by atoms with Gasteiger partial charge in [0, 0.05) is 23.6 Å². The summed E-state index contributed by atoms with van der Waals surface area (Å²) < 4.78 is 5.25. The molecule has 0 atom stereocenters. The zero-order chi connectivity index (χ0) is 14.4. The molecule has 1 aromatic rings. The zero-order valence-electron chi connectivity index (χ0n) is 10.2. The SMILES string of the molecule is CN(CCC(=O)O)C(=O)COc1cc(Cl)cc(Cl)c1. The minimum atomic E-state index is -0.956. The molecular formula is C12H13Cl2NO4. The van der Waals surface area contributed by atoms with Crippen LogP contribution >= 0.6 is 23.2 Å². The molecule has 0 bridgehead atoms. The highest BCUT2D eigenvalue weighted by molar-refractivity contribution is 6.34. The third-order valence-corrected chi connectivity index (χ3v) is 2.72. The maximum Gasteiger partial charge on any atom is 0.305 e. The van der Waals surface area contributed by atoms with Crippen molar-refractivity contribution in [3.8, 4) is 5.75 Å². The Morgan fingerprint density at radius 2 is 1.84 bits per heavy atom. The topological polar surface area (TPSA) is 66.8 Å². The Morgan fingerprint density at radius 3 is 2.37 bits per heavy atom. The van der Waals surface area contributed by atoms with Crippen molar-refractivity contribution in [3.63, 3.8) is 0 Å². The van der Waals surface area contributed by atoms with Crippen LogP contribution in [-0.4, -0.2) is 42.1 Å². The molecule has 19 heavy (non-hydrogen) atoms. The molecule has 0 saturated heterocycles. The summed E-state index contributed by atoms with van der Waals surface area (Å²) in [6, 6.07) is 4.63. The van der Waals surface area contributed by atoms with Crippen molar-refractivity contribution in [2.24, 2.45) is 0 Å². The number of benzene rings is 1. The van der Waals surface area contributed by atoms with Crippen molar-refractivity contribution in [1.29, 1.82) is 0 Å². The van der Waals surface area contributed by atoms with E-state index in [1.807, 2.05) is 0 Å². The molecule has 0 aliphatic rings. The Balaban J connectivity index is 2.47. The lowest BCUT2D eigenvalue weighted by Gasteiger charge is -2.16. The van der Waals surface area contributed by atoms with E-state index in [0.717, 1.165) is 0 Å². The second-order valence-electron chi connectivity index (χ2n) is 3.85. The van der Waals surface area contributed by atoms with Gasteiger partial charge in [-0.05, 0) is 18.2 Å². The summed E-state index contributed by atoms with van der Waals surface area (Å²) in [5, 5.41) is 9.34. The zero-order valence-corrected chi connectivity index (χ0v) is 11.7. The predicted octanol–water partition coefficient (Wildman–Crippen LogP) is 2.31. The fourth-order valence-corrected chi connectivity index (χ4v) is 1.76. The van der Waals surface area contributed by atoms with Gasteiger partial charge in [-0.2, -0.15) is 0 Å². The number of nitrogens with zero attached hydrogens (tertiary/aromatic N) is 1. The summed E-state index contributed by atoms with van der Waals surface area (Å²) in [5.74, 6) is -0.892. The van der Waals surface area contributed by atoms with Crippen molar-refractivity contribution < 1.29 is 19.4 Å². The normalized spacial score (nSPS) is 10.1. The van der Waals surface area contributed by atoms with Crippen molar-refractivity contribution in [1.82, 2.24) is 4.90 Å². The standard InChI is InChI=1S/C12H13Cl2NO4/c1-15(3-2-12(17)18)11(16)7-19-10-5-8(13)4-9(14)6-10/h4-6H,2-3,7H2,1H3,(H,17,18). The number of rotatable bonds is 6. The molecule has 0 aromatic heterocycles. The fraction of sp³-hybridized carbons (Fsp3) is 0.333. The monoisotopic (exact) mass is 305 g/mol. The lowest BCUT2D eigenvalue weighted by Crippen LogP contribution is -2.33. The molecule has 1 N–H and O–H groups in total. The summed E-state index contributed by atoms with van der Waals surface area (Å²) in [6.07, 6.45) is -0.106. The van der Waals surface area contributed by atoms with Crippen LogP contribution in [0.2, 0.25) is 10.0 Å². The minimum Gasteiger partial charge on any atom is -0.484 e. The quantitative estimate of drug-likeness (QED) is 0.876. The molecule has 1 amide bonds. The molecule has 0 aliphatic carbocycles. The Kier molecular flexibility index (Phi) is 5.92.